The van der Waals surface area contributed by atoms with Crippen molar-refractivity contribution in [3.05, 3.63) is 24.3 Å². The molecule has 3 heterocycles. The average molecular weight is 461 g/mol. The standard InChI is InChI=1S/C19H24N8O4S/c1-32(29,30)18-15-16(21-7-6-14(20)28)23-19(24-17(15)25-26-18)22-12-2-4-13(5-3-12)27-8-10-31-11-9-27/h2-5H,6-11H2,1H3,(H2,20,28)(H3,21,22,23,24,25,26). The van der Waals surface area contributed by atoms with Crippen LogP contribution >= 0.6 is 0 Å². The summed E-state index contributed by atoms with van der Waals surface area (Å²) in [6, 6.07) is 7.80. The van der Waals surface area contributed by atoms with Crippen LogP contribution in [0.3, 0.4) is 0 Å². The van der Waals surface area contributed by atoms with E-state index in [0.717, 1.165) is 30.7 Å². The van der Waals surface area contributed by atoms with Crippen molar-refractivity contribution in [2.45, 2.75) is 11.4 Å². The fraction of sp³-hybridized carbons (Fsp3) is 0.368. The topological polar surface area (TPSA) is 168 Å². The lowest BCUT2D eigenvalue weighted by atomic mass is 10.2. The second-order valence-corrected chi connectivity index (χ2v) is 9.29. The minimum atomic E-state index is -3.60. The Kier molecular flexibility index (Phi) is 6.10. The summed E-state index contributed by atoms with van der Waals surface area (Å²) in [4.78, 5) is 22.1. The number of amides is 1. The first-order valence-electron chi connectivity index (χ1n) is 9.99. The molecule has 0 unspecified atom stereocenters. The second-order valence-electron chi connectivity index (χ2n) is 7.33. The Morgan fingerprint density at radius 1 is 1.22 bits per heavy atom. The number of anilines is 4. The van der Waals surface area contributed by atoms with Crippen LogP contribution in [0.4, 0.5) is 23.1 Å². The Labute approximate surface area is 184 Å². The van der Waals surface area contributed by atoms with E-state index in [1.807, 2.05) is 24.3 Å². The van der Waals surface area contributed by atoms with Crippen molar-refractivity contribution in [2.24, 2.45) is 5.73 Å². The maximum absolute atomic E-state index is 12.1. The maximum atomic E-state index is 12.1. The largest absolute Gasteiger partial charge is 0.378 e. The van der Waals surface area contributed by atoms with Crippen LogP contribution in [0.1, 0.15) is 6.42 Å². The first kappa shape index (κ1) is 21.8. The summed E-state index contributed by atoms with van der Waals surface area (Å²) in [7, 11) is -3.60. The molecule has 1 aliphatic heterocycles. The number of morpholine rings is 1. The summed E-state index contributed by atoms with van der Waals surface area (Å²) in [6.45, 7) is 3.28. The number of hydrogen-bond donors (Lipinski definition) is 4. The highest BCUT2D eigenvalue weighted by Gasteiger charge is 2.22. The molecule has 1 fully saturated rings. The molecule has 0 bridgehead atoms. The summed E-state index contributed by atoms with van der Waals surface area (Å²) in [5.74, 6) is -0.0281. The summed E-state index contributed by atoms with van der Waals surface area (Å²) in [5, 5.41) is 12.7. The lowest BCUT2D eigenvalue weighted by molar-refractivity contribution is -0.117. The molecule has 12 nitrogen and oxygen atoms in total. The van der Waals surface area contributed by atoms with E-state index in [0.29, 0.717) is 13.2 Å². The van der Waals surface area contributed by atoms with Crippen molar-refractivity contribution in [2.75, 3.05) is 54.6 Å². The first-order valence-corrected chi connectivity index (χ1v) is 11.9. The van der Waals surface area contributed by atoms with Gasteiger partial charge in [-0.05, 0) is 24.3 Å². The molecule has 1 aliphatic rings. The Morgan fingerprint density at radius 2 is 1.94 bits per heavy atom. The van der Waals surface area contributed by atoms with Gasteiger partial charge in [0.25, 0.3) is 0 Å². The zero-order valence-corrected chi connectivity index (χ0v) is 18.3. The number of hydrogen-bond acceptors (Lipinski definition) is 10. The number of H-pyrrole nitrogens is 1. The molecule has 0 atom stereocenters. The monoisotopic (exact) mass is 460 g/mol. The highest BCUT2D eigenvalue weighted by atomic mass is 32.2. The molecule has 0 radical (unpaired) electrons. The van der Waals surface area contributed by atoms with Gasteiger partial charge in [-0.3, -0.25) is 9.89 Å². The van der Waals surface area contributed by atoms with Crippen LogP contribution in [-0.4, -0.2) is 73.6 Å². The Hall–Kier alpha value is -3.45. The van der Waals surface area contributed by atoms with Crippen molar-refractivity contribution in [1.29, 1.82) is 0 Å². The number of rotatable bonds is 8. The molecule has 1 saturated heterocycles. The number of nitrogens with one attached hydrogen (secondary N) is 3. The van der Waals surface area contributed by atoms with Crippen LogP contribution in [0.2, 0.25) is 0 Å². The van der Waals surface area contributed by atoms with E-state index in [4.69, 9.17) is 10.5 Å². The van der Waals surface area contributed by atoms with Gasteiger partial charge < -0.3 is 26.0 Å². The summed E-state index contributed by atoms with van der Waals surface area (Å²) in [6.07, 6.45) is 1.12. The van der Waals surface area contributed by atoms with Crippen LogP contribution in [0.15, 0.2) is 29.3 Å². The Morgan fingerprint density at radius 3 is 2.59 bits per heavy atom. The molecule has 0 spiro atoms. The third kappa shape index (κ3) is 4.89. The third-order valence-corrected chi connectivity index (χ3v) is 5.95. The number of ether oxygens (including phenoxy) is 1. The number of sulfone groups is 1. The maximum Gasteiger partial charge on any atom is 0.231 e. The molecule has 1 aromatic carbocycles. The van der Waals surface area contributed by atoms with Gasteiger partial charge >= 0.3 is 0 Å². The van der Waals surface area contributed by atoms with Crippen molar-refractivity contribution >= 4 is 49.9 Å². The Bertz CT molecular complexity index is 1220. The van der Waals surface area contributed by atoms with Crippen LogP contribution in [0.5, 0.6) is 0 Å². The Balaban J connectivity index is 1.61. The van der Waals surface area contributed by atoms with Gasteiger partial charge in [0.2, 0.25) is 11.9 Å². The van der Waals surface area contributed by atoms with E-state index in [2.05, 4.69) is 35.7 Å². The van der Waals surface area contributed by atoms with Gasteiger partial charge in [0.15, 0.2) is 20.5 Å². The predicted molar refractivity (Wildman–Crippen MR) is 120 cm³/mol. The third-order valence-electron chi connectivity index (χ3n) is 4.91. The highest BCUT2D eigenvalue weighted by Crippen LogP contribution is 2.28. The number of aromatic amines is 1. The van der Waals surface area contributed by atoms with Gasteiger partial charge in [-0.15, -0.1) is 0 Å². The molecule has 2 aromatic heterocycles. The lowest BCUT2D eigenvalue weighted by Crippen LogP contribution is -2.36. The molecule has 0 saturated carbocycles. The van der Waals surface area contributed by atoms with Gasteiger partial charge in [0.1, 0.15) is 11.2 Å². The summed E-state index contributed by atoms with van der Waals surface area (Å²) in [5.41, 5.74) is 7.22. The van der Waals surface area contributed by atoms with Crippen molar-refractivity contribution < 1.29 is 17.9 Å². The number of carbonyl (C=O) groups excluding carboxylic acids is 1. The van der Waals surface area contributed by atoms with Crippen LogP contribution in [0.25, 0.3) is 11.0 Å². The zero-order valence-electron chi connectivity index (χ0n) is 17.5. The molecule has 13 heteroatoms. The number of benzene rings is 1. The van der Waals surface area contributed by atoms with E-state index in [9.17, 15) is 13.2 Å². The first-order chi connectivity index (χ1) is 15.3. The number of carbonyl (C=O) groups is 1. The van der Waals surface area contributed by atoms with Crippen molar-refractivity contribution in [1.82, 2.24) is 20.2 Å². The average Bonchev–Trinajstić information content (AvgIpc) is 3.19. The zero-order chi connectivity index (χ0) is 22.7. The van der Waals surface area contributed by atoms with E-state index >= 15 is 0 Å². The van der Waals surface area contributed by atoms with E-state index < -0.39 is 15.7 Å². The van der Waals surface area contributed by atoms with Gasteiger partial charge in [-0.25, -0.2) is 8.42 Å². The van der Waals surface area contributed by atoms with Gasteiger partial charge in [-0.1, -0.05) is 0 Å². The fourth-order valence-electron chi connectivity index (χ4n) is 3.36. The minimum absolute atomic E-state index is 0.0588. The number of fused-ring (bicyclic) bond motifs is 1. The number of nitrogens with two attached hydrogens (primary N) is 1. The quantitative estimate of drug-likeness (QED) is 0.374. The number of primary amides is 1. The molecule has 5 N–H and O–H groups in total. The van der Waals surface area contributed by atoms with Crippen LogP contribution < -0.4 is 21.3 Å². The molecule has 1 amide bonds. The SMILES string of the molecule is CS(=O)(=O)c1[nH]nc2nc(Nc3ccc(N4CCOCC4)cc3)nc(NCCC(N)=O)c12. The van der Waals surface area contributed by atoms with Crippen LogP contribution in [0, 0.1) is 0 Å². The van der Waals surface area contributed by atoms with E-state index in [1.54, 1.807) is 0 Å². The van der Waals surface area contributed by atoms with Crippen molar-refractivity contribution in [3.8, 4) is 0 Å². The normalized spacial score (nSPS) is 14.5. The smallest absolute Gasteiger partial charge is 0.231 e. The highest BCUT2D eigenvalue weighted by molar-refractivity contribution is 7.90. The molecular formula is C19H24N8O4S. The van der Waals surface area contributed by atoms with E-state index in [1.165, 1.54) is 0 Å². The number of aromatic nitrogens is 4. The fourth-order valence-corrected chi connectivity index (χ4v) is 4.13. The molecule has 0 aliphatic carbocycles. The molecule has 4 rings (SSSR count). The van der Waals surface area contributed by atoms with E-state index in [-0.39, 0.29) is 40.8 Å². The molecule has 32 heavy (non-hydrogen) atoms. The lowest BCUT2D eigenvalue weighted by Gasteiger charge is -2.28. The van der Waals surface area contributed by atoms with Gasteiger partial charge in [0.05, 0.1) is 13.2 Å². The predicted octanol–water partition coefficient (Wildman–Crippen LogP) is 0.624. The summed E-state index contributed by atoms with van der Waals surface area (Å²) < 4.78 is 29.6. The summed E-state index contributed by atoms with van der Waals surface area (Å²) >= 11 is 0. The molecule has 3 aromatic rings. The molecular weight excluding hydrogens is 436 g/mol. The molecule has 170 valence electrons. The van der Waals surface area contributed by atoms with Crippen molar-refractivity contribution in [3.63, 3.8) is 0 Å². The number of nitrogens with zero attached hydrogens (tertiary/aromatic N) is 4. The minimum Gasteiger partial charge on any atom is -0.378 e. The second kappa shape index (κ2) is 8.96. The van der Waals surface area contributed by atoms with Gasteiger partial charge in [0, 0.05) is 43.7 Å². The van der Waals surface area contributed by atoms with Crippen LogP contribution in [-0.2, 0) is 19.4 Å². The van der Waals surface area contributed by atoms with Gasteiger partial charge in [-0.2, -0.15) is 15.1 Å².